The minimum atomic E-state index is 0.193. The van der Waals surface area contributed by atoms with Crippen LogP contribution >= 0.6 is 0 Å². The molecule has 0 fully saturated rings. The van der Waals surface area contributed by atoms with Crippen LogP contribution in [0.4, 0.5) is 11.4 Å². The van der Waals surface area contributed by atoms with Gasteiger partial charge in [0, 0.05) is 17.4 Å². The van der Waals surface area contributed by atoms with Gasteiger partial charge in [-0.25, -0.2) is 0 Å². The van der Waals surface area contributed by atoms with E-state index >= 15 is 0 Å². The van der Waals surface area contributed by atoms with E-state index in [1.165, 1.54) is 5.56 Å². The first kappa shape index (κ1) is 12.0. The first-order valence-electron chi connectivity index (χ1n) is 5.81. The number of hydrogen-bond donors (Lipinski definition) is 2. The van der Waals surface area contributed by atoms with E-state index in [1.54, 1.807) is 12.1 Å². The molecule has 2 aromatic rings. The van der Waals surface area contributed by atoms with Gasteiger partial charge < -0.3 is 11.1 Å². The molecule has 2 aromatic carbocycles. The van der Waals surface area contributed by atoms with Gasteiger partial charge in [0.25, 0.3) is 0 Å². The summed E-state index contributed by atoms with van der Waals surface area (Å²) >= 11 is 0. The predicted molar refractivity (Wildman–Crippen MR) is 74.0 cm³/mol. The Balaban J connectivity index is 2.08. The van der Waals surface area contributed by atoms with Crippen molar-refractivity contribution < 1.29 is 0 Å². The smallest absolute Gasteiger partial charge is 0.0991 e. The first-order chi connectivity index (χ1) is 8.69. The van der Waals surface area contributed by atoms with Gasteiger partial charge in [-0.3, -0.25) is 0 Å². The van der Waals surface area contributed by atoms with Gasteiger partial charge in [-0.1, -0.05) is 12.1 Å². The van der Waals surface area contributed by atoms with E-state index in [0.29, 0.717) is 5.56 Å². The molecule has 0 saturated heterocycles. The van der Waals surface area contributed by atoms with Crippen molar-refractivity contribution in [3.8, 4) is 6.07 Å². The highest BCUT2D eigenvalue weighted by Gasteiger charge is 2.04. The number of anilines is 2. The second-order valence-corrected chi connectivity index (χ2v) is 4.22. The highest BCUT2D eigenvalue weighted by Crippen LogP contribution is 2.20. The van der Waals surface area contributed by atoms with Crippen molar-refractivity contribution in [2.24, 2.45) is 0 Å². The van der Waals surface area contributed by atoms with Gasteiger partial charge in [0.2, 0.25) is 0 Å². The molecule has 0 radical (unpaired) electrons. The molecule has 0 bridgehead atoms. The molecule has 3 nitrogen and oxygen atoms in total. The summed E-state index contributed by atoms with van der Waals surface area (Å²) in [7, 11) is 0. The number of hydrogen-bond acceptors (Lipinski definition) is 3. The summed E-state index contributed by atoms with van der Waals surface area (Å²) in [6.07, 6.45) is 0. The van der Waals surface area contributed by atoms with Crippen LogP contribution in [0.15, 0.2) is 48.5 Å². The lowest BCUT2D eigenvalue weighted by Crippen LogP contribution is -2.06. The number of nitrogens with zero attached hydrogens (tertiary/aromatic N) is 1. The molecule has 1 unspecified atom stereocenters. The summed E-state index contributed by atoms with van der Waals surface area (Å²) in [5.74, 6) is 0. The normalized spacial score (nSPS) is 11.6. The Morgan fingerprint density at radius 2 is 1.67 bits per heavy atom. The third kappa shape index (κ3) is 2.80. The lowest BCUT2D eigenvalue weighted by Gasteiger charge is -2.15. The van der Waals surface area contributed by atoms with Crippen molar-refractivity contribution in [3.63, 3.8) is 0 Å². The topological polar surface area (TPSA) is 61.8 Å². The molecule has 0 aliphatic carbocycles. The Morgan fingerprint density at radius 3 is 2.22 bits per heavy atom. The first-order valence-corrected chi connectivity index (χ1v) is 5.81. The van der Waals surface area contributed by atoms with Gasteiger partial charge in [0.15, 0.2) is 0 Å². The number of nitrogen functional groups attached to an aromatic ring is 1. The number of rotatable bonds is 3. The number of nitriles is 1. The van der Waals surface area contributed by atoms with E-state index in [9.17, 15) is 0 Å². The van der Waals surface area contributed by atoms with E-state index in [-0.39, 0.29) is 6.04 Å². The summed E-state index contributed by atoms with van der Waals surface area (Å²) in [4.78, 5) is 0. The minimum absolute atomic E-state index is 0.193. The molecule has 0 aliphatic heterocycles. The molecule has 1 atom stereocenters. The second kappa shape index (κ2) is 5.24. The molecule has 90 valence electrons. The molecular weight excluding hydrogens is 222 g/mol. The molecule has 0 amide bonds. The van der Waals surface area contributed by atoms with Crippen molar-refractivity contribution in [2.45, 2.75) is 13.0 Å². The molecule has 0 saturated carbocycles. The van der Waals surface area contributed by atoms with Crippen LogP contribution in [0.2, 0.25) is 0 Å². The van der Waals surface area contributed by atoms with E-state index in [1.807, 2.05) is 36.4 Å². The quantitative estimate of drug-likeness (QED) is 0.805. The largest absolute Gasteiger partial charge is 0.399 e. The average Bonchev–Trinajstić information content (AvgIpc) is 2.40. The maximum Gasteiger partial charge on any atom is 0.0991 e. The van der Waals surface area contributed by atoms with Crippen LogP contribution < -0.4 is 11.1 Å². The van der Waals surface area contributed by atoms with Gasteiger partial charge in [-0.15, -0.1) is 0 Å². The lowest BCUT2D eigenvalue weighted by molar-refractivity contribution is 0.885. The van der Waals surface area contributed by atoms with Crippen molar-refractivity contribution >= 4 is 11.4 Å². The lowest BCUT2D eigenvalue weighted by atomic mass is 10.1. The van der Waals surface area contributed by atoms with Crippen molar-refractivity contribution in [1.29, 1.82) is 5.26 Å². The van der Waals surface area contributed by atoms with E-state index in [0.717, 1.165) is 11.4 Å². The molecule has 0 spiro atoms. The molecule has 0 aromatic heterocycles. The standard InChI is InChI=1S/C15H15N3/c1-11(13-4-6-14(17)7-5-13)18-15-8-2-12(10-16)3-9-15/h2-9,11,18H,17H2,1H3. The Morgan fingerprint density at radius 1 is 1.06 bits per heavy atom. The SMILES string of the molecule is CC(Nc1ccc(C#N)cc1)c1ccc(N)cc1. The van der Waals surface area contributed by atoms with Crippen molar-refractivity contribution in [1.82, 2.24) is 0 Å². The average molecular weight is 237 g/mol. The van der Waals surface area contributed by atoms with Gasteiger partial charge in [0.05, 0.1) is 11.6 Å². The maximum absolute atomic E-state index is 8.73. The van der Waals surface area contributed by atoms with Gasteiger partial charge in [-0.05, 0) is 48.9 Å². The van der Waals surface area contributed by atoms with Crippen LogP contribution in [0, 0.1) is 11.3 Å². The van der Waals surface area contributed by atoms with E-state index in [2.05, 4.69) is 18.3 Å². The van der Waals surface area contributed by atoms with Crippen LogP contribution in [0.25, 0.3) is 0 Å². The molecule has 18 heavy (non-hydrogen) atoms. The van der Waals surface area contributed by atoms with E-state index in [4.69, 9.17) is 11.0 Å². The molecule has 3 N–H and O–H groups in total. The minimum Gasteiger partial charge on any atom is -0.399 e. The summed E-state index contributed by atoms with van der Waals surface area (Å²) in [6.45, 7) is 2.09. The Hall–Kier alpha value is -2.47. The monoisotopic (exact) mass is 237 g/mol. The van der Waals surface area contributed by atoms with Crippen LogP contribution in [0.5, 0.6) is 0 Å². The zero-order valence-corrected chi connectivity index (χ0v) is 10.2. The number of nitrogens with two attached hydrogens (primary N) is 1. The molecule has 0 heterocycles. The Kier molecular flexibility index (Phi) is 3.49. The highest BCUT2D eigenvalue weighted by atomic mass is 14.9. The number of benzene rings is 2. The van der Waals surface area contributed by atoms with Gasteiger partial charge >= 0.3 is 0 Å². The zero-order chi connectivity index (χ0) is 13.0. The van der Waals surface area contributed by atoms with Gasteiger partial charge in [-0.2, -0.15) is 5.26 Å². The predicted octanol–water partition coefficient (Wildman–Crippen LogP) is 3.31. The van der Waals surface area contributed by atoms with Crippen LogP contribution in [-0.4, -0.2) is 0 Å². The highest BCUT2D eigenvalue weighted by molar-refractivity contribution is 5.49. The second-order valence-electron chi connectivity index (χ2n) is 4.22. The summed E-state index contributed by atoms with van der Waals surface area (Å²) < 4.78 is 0. The maximum atomic E-state index is 8.73. The summed E-state index contributed by atoms with van der Waals surface area (Å²) in [5.41, 5.74) is 9.27. The van der Waals surface area contributed by atoms with Crippen LogP contribution in [-0.2, 0) is 0 Å². The number of nitrogens with one attached hydrogen (secondary N) is 1. The molecule has 3 heteroatoms. The fraction of sp³-hybridized carbons (Fsp3) is 0.133. The zero-order valence-electron chi connectivity index (χ0n) is 10.2. The third-order valence-corrected chi connectivity index (χ3v) is 2.83. The third-order valence-electron chi connectivity index (χ3n) is 2.83. The van der Waals surface area contributed by atoms with Gasteiger partial charge in [0.1, 0.15) is 0 Å². The Bertz CT molecular complexity index is 550. The fourth-order valence-electron chi connectivity index (χ4n) is 1.76. The van der Waals surface area contributed by atoms with Crippen molar-refractivity contribution in [2.75, 3.05) is 11.1 Å². The van der Waals surface area contributed by atoms with Crippen LogP contribution in [0.1, 0.15) is 24.1 Å². The molecule has 2 rings (SSSR count). The fourth-order valence-corrected chi connectivity index (χ4v) is 1.76. The summed E-state index contributed by atoms with van der Waals surface area (Å²) in [6, 6.07) is 17.5. The Labute approximate surface area is 107 Å². The summed E-state index contributed by atoms with van der Waals surface area (Å²) in [5, 5.41) is 12.1. The van der Waals surface area contributed by atoms with E-state index < -0.39 is 0 Å². The molecular formula is C15H15N3. The van der Waals surface area contributed by atoms with Crippen molar-refractivity contribution in [3.05, 3.63) is 59.7 Å². The van der Waals surface area contributed by atoms with Crippen LogP contribution in [0.3, 0.4) is 0 Å². The molecule has 0 aliphatic rings.